The van der Waals surface area contributed by atoms with E-state index in [1.165, 1.54) is 0 Å². The summed E-state index contributed by atoms with van der Waals surface area (Å²) >= 11 is 4.32. The lowest BCUT2D eigenvalue weighted by molar-refractivity contribution is -0.139. The molecule has 0 aromatic rings. The Morgan fingerprint density at radius 1 is 2.00 bits per heavy atom. The van der Waals surface area contributed by atoms with Crippen molar-refractivity contribution in [3.8, 4) is 0 Å². The first kappa shape index (κ1) is 7.56. The van der Waals surface area contributed by atoms with E-state index in [-0.39, 0.29) is 0 Å². The average molecular weight is 131 g/mol. The summed E-state index contributed by atoms with van der Waals surface area (Å²) in [7, 11) is 0. The van der Waals surface area contributed by atoms with Gasteiger partial charge in [0.05, 0.1) is 5.92 Å². The predicted octanol–water partition coefficient (Wildman–Crippen LogP) is 0.974. The van der Waals surface area contributed by atoms with Crippen molar-refractivity contribution in [1.29, 1.82) is 0 Å². The fourth-order valence-electron chi connectivity index (χ4n) is 0.308. The molecule has 0 aromatic carbocycles. The van der Waals surface area contributed by atoms with E-state index in [2.05, 4.69) is 17.6 Å². The van der Waals surface area contributed by atoms with E-state index < -0.39 is 11.9 Å². The molecule has 0 aliphatic heterocycles. The fraction of sp³-hybridized carbons (Fsp3) is 0.600. The second-order valence-corrected chi connectivity index (χ2v) is 1.65. The van der Waals surface area contributed by atoms with E-state index in [0.29, 0.717) is 6.42 Å². The second kappa shape index (κ2) is 3.55. The van der Waals surface area contributed by atoms with Gasteiger partial charge in [-0.15, -0.1) is 0 Å². The molecule has 8 heavy (non-hydrogen) atoms. The number of hydrogen-bond donors (Lipinski definition) is 1. The molecule has 0 bridgehead atoms. The Kier molecular flexibility index (Phi) is 3.35. The van der Waals surface area contributed by atoms with Crippen molar-refractivity contribution >= 4 is 23.6 Å². The van der Waals surface area contributed by atoms with Crippen molar-refractivity contribution in [3.63, 3.8) is 0 Å². The first-order valence-corrected chi connectivity index (χ1v) is 2.73. The third-order valence-corrected chi connectivity index (χ3v) is 1.13. The van der Waals surface area contributed by atoms with Gasteiger partial charge in [0.1, 0.15) is 0 Å². The molecule has 1 N–H and O–H groups in total. The van der Waals surface area contributed by atoms with E-state index in [4.69, 9.17) is 5.11 Å². The molecule has 0 saturated heterocycles. The summed E-state index contributed by atoms with van der Waals surface area (Å²) in [5.41, 5.74) is 0. The highest BCUT2D eigenvalue weighted by molar-refractivity contribution is 7.79. The summed E-state index contributed by atoms with van der Waals surface area (Å²) in [6.45, 7) is 1.76. The normalized spacial score (nSPS) is 12.6. The molecular formula is C5H7O2S. The molecule has 0 aromatic heterocycles. The van der Waals surface area contributed by atoms with Crippen LogP contribution in [-0.4, -0.2) is 16.4 Å². The van der Waals surface area contributed by atoms with Crippen molar-refractivity contribution < 1.29 is 9.90 Å². The van der Waals surface area contributed by atoms with Crippen LogP contribution in [0.5, 0.6) is 0 Å². The van der Waals surface area contributed by atoms with Crippen LogP contribution in [0.2, 0.25) is 0 Å². The molecule has 3 heteroatoms. The quantitative estimate of drug-likeness (QED) is 0.580. The Bertz CT molecular complexity index is 101. The molecule has 0 fully saturated rings. The van der Waals surface area contributed by atoms with Gasteiger partial charge in [0.15, 0.2) is 0 Å². The van der Waals surface area contributed by atoms with Crippen LogP contribution in [0.25, 0.3) is 0 Å². The van der Waals surface area contributed by atoms with Gasteiger partial charge >= 0.3 is 5.97 Å². The fourth-order valence-corrected chi connectivity index (χ4v) is 0.576. The molecule has 1 atom stereocenters. The summed E-state index contributed by atoms with van der Waals surface area (Å²) in [5, 5.41) is 10.5. The van der Waals surface area contributed by atoms with Crippen LogP contribution >= 0.6 is 12.2 Å². The number of carbonyl (C=O) groups is 1. The third kappa shape index (κ3) is 2.02. The van der Waals surface area contributed by atoms with Gasteiger partial charge in [-0.25, -0.2) is 0 Å². The molecule has 1 unspecified atom stereocenters. The van der Waals surface area contributed by atoms with E-state index in [1.54, 1.807) is 6.92 Å². The summed E-state index contributed by atoms with van der Waals surface area (Å²) in [5.74, 6) is -1.45. The van der Waals surface area contributed by atoms with Gasteiger partial charge in [0.25, 0.3) is 0 Å². The second-order valence-electron chi connectivity index (χ2n) is 1.42. The molecule has 0 aliphatic rings. The molecular weight excluding hydrogens is 124 g/mol. The van der Waals surface area contributed by atoms with Crippen molar-refractivity contribution in [1.82, 2.24) is 0 Å². The number of thiocarbonyl (C=S) groups is 1. The van der Waals surface area contributed by atoms with E-state index >= 15 is 0 Å². The molecule has 1 radical (unpaired) electrons. The molecule has 0 amide bonds. The van der Waals surface area contributed by atoms with Gasteiger partial charge in [0, 0.05) is 5.37 Å². The molecule has 2 nitrogen and oxygen atoms in total. The number of carboxylic acids is 1. The molecule has 45 valence electrons. The summed E-state index contributed by atoms with van der Waals surface area (Å²) in [4.78, 5) is 10.0. The van der Waals surface area contributed by atoms with Gasteiger partial charge in [-0.2, -0.15) is 0 Å². The Morgan fingerprint density at radius 3 is 2.50 bits per heavy atom. The van der Waals surface area contributed by atoms with Crippen LogP contribution in [0, 0.1) is 5.92 Å². The molecule has 0 rings (SSSR count). The number of hydrogen-bond acceptors (Lipinski definition) is 2. The summed E-state index contributed by atoms with van der Waals surface area (Å²) < 4.78 is 0. The Labute approximate surface area is 53.5 Å². The van der Waals surface area contributed by atoms with Gasteiger partial charge < -0.3 is 5.11 Å². The first-order valence-electron chi connectivity index (χ1n) is 2.32. The minimum Gasteiger partial charge on any atom is -0.481 e. The third-order valence-electron chi connectivity index (χ3n) is 0.849. The van der Waals surface area contributed by atoms with Crippen LogP contribution in [0.4, 0.5) is 0 Å². The highest BCUT2D eigenvalue weighted by Crippen LogP contribution is 1.97. The largest absolute Gasteiger partial charge is 0.481 e. The van der Waals surface area contributed by atoms with Crippen LogP contribution in [0.15, 0.2) is 0 Å². The topological polar surface area (TPSA) is 37.3 Å². The van der Waals surface area contributed by atoms with Crippen LogP contribution < -0.4 is 0 Å². The van der Waals surface area contributed by atoms with Crippen molar-refractivity contribution in [2.75, 3.05) is 0 Å². The van der Waals surface area contributed by atoms with Crippen molar-refractivity contribution in [2.24, 2.45) is 5.92 Å². The highest BCUT2D eigenvalue weighted by Gasteiger charge is 2.09. The number of rotatable bonds is 3. The van der Waals surface area contributed by atoms with E-state index in [9.17, 15) is 4.79 Å². The van der Waals surface area contributed by atoms with Gasteiger partial charge in [0.2, 0.25) is 0 Å². The van der Waals surface area contributed by atoms with E-state index in [0.717, 1.165) is 0 Å². The Morgan fingerprint density at radius 2 is 2.50 bits per heavy atom. The van der Waals surface area contributed by atoms with E-state index in [1.807, 2.05) is 0 Å². The standard InChI is InChI=1S/C5H7O2S/c1-2-4(3-8)5(6)7/h4H,2H2,1H3,(H,6,7). The van der Waals surface area contributed by atoms with Crippen molar-refractivity contribution in [2.45, 2.75) is 13.3 Å². The molecule has 0 heterocycles. The maximum atomic E-state index is 10.0. The Balaban J connectivity index is 3.69. The SMILES string of the molecule is CCC([C]=S)C(=O)O. The lowest BCUT2D eigenvalue weighted by Crippen LogP contribution is -2.12. The smallest absolute Gasteiger partial charge is 0.311 e. The summed E-state index contributed by atoms with van der Waals surface area (Å²) in [6, 6.07) is 0. The number of aliphatic carboxylic acids is 1. The van der Waals surface area contributed by atoms with Crippen LogP contribution in [-0.2, 0) is 4.79 Å². The van der Waals surface area contributed by atoms with Crippen LogP contribution in [0.3, 0.4) is 0 Å². The number of carboxylic acid groups (broad SMARTS) is 1. The molecule has 0 saturated carbocycles. The lowest BCUT2D eigenvalue weighted by atomic mass is 10.1. The van der Waals surface area contributed by atoms with Crippen molar-refractivity contribution in [3.05, 3.63) is 0 Å². The van der Waals surface area contributed by atoms with Gasteiger partial charge in [-0.3, -0.25) is 4.79 Å². The van der Waals surface area contributed by atoms with Gasteiger partial charge in [-0.1, -0.05) is 19.1 Å². The first-order chi connectivity index (χ1) is 3.72. The minimum absolute atomic E-state index is 0.527. The summed E-state index contributed by atoms with van der Waals surface area (Å²) in [6.07, 6.45) is 0.527. The zero-order chi connectivity index (χ0) is 6.57. The monoisotopic (exact) mass is 131 g/mol. The predicted molar refractivity (Wildman–Crippen MR) is 34.0 cm³/mol. The molecule has 0 spiro atoms. The zero-order valence-corrected chi connectivity index (χ0v) is 5.36. The Hall–Kier alpha value is -0.440. The maximum Gasteiger partial charge on any atom is 0.311 e. The lowest BCUT2D eigenvalue weighted by Gasteiger charge is -1.96. The highest BCUT2D eigenvalue weighted by atomic mass is 32.1. The van der Waals surface area contributed by atoms with Gasteiger partial charge in [-0.05, 0) is 6.42 Å². The minimum atomic E-state index is -0.887. The average Bonchev–Trinajstić information content (AvgIpc) is 1.69. The molecule has 0 aliphatic carbocycles. The zero-order valence-electron chi connectivity index (χ0n) is 4.55. The maximum absolute atomic E-state index is 10.0. The van der Waals surface area contributed by atoms with Crippen LogP contribution in [0.1, 0.15) is 13.3 Å².